The van der Waals surface area contributed by atoms with Crippen LogP contribution in [0.15, 0.2) is 71.7 Å². The molecule has 3 aromatic carbocycles. The Kier molecular flexibility index (Phi) is 6.83. The van der Waals surface area contributed by atoms with Gasteiger partial charge in [-0.3, -0.25) is 4.99 Å². The van der Waals surface area contributed by atoms with Gasteiger partial charge in [-0.1, -0.05) is 67.4 Å². The first-order valence-corrected chi connectivity index (χ1v) is 11.5. The van der Waals surface area contributed by atoms with Crippen LogP contribution >= 0.6 is 23.2 Å². The number of hydrogen-bond acceptors (Lipinski definition) is 2. The maximum atomic E-state index is 6.31. The van der Waals surface area contributed by atoms with Crippen LogP contribution in [-0.2, 0) is 13.0 Å². The van der Waals surface area contributed by atoms with E-state index < -0.39 is 0 Å². The van der Waals surface area contributed by atoms with Gasteiger partial charge in [-0.15, -0.1) is 0 Å². The highest BCUT2D eigenvalue weighted by atomic mass is 35.5. The minimum atomic E-state index is 0.454. The molecule has 4 nitrogen and oxygen atoms in total. The van der Waals surface area contributed by atoms with Gasteiger partial charge < -0.3 is 10.3 Å². The maximum Gasteiger partial charge on any atom is 0.141 e. The second-order valence-electron chi connectivity index (χ2n) is 8.27. The predicted molar refractivity (Wildman–Crippen MR) is 136 cm³/mol. The molecule has 2 N–H and O–H groups in total. The van der Waals surface area contributed by atoms with E-state index in [1.54, 1.807) is 0 Å². The molecule has 0 atom stereocenters. The van der Waals surface area contributed by atoms with Gasteiger partial charge in [0.2, 0.25) is 0 Å². The molecular weight excluding hydrogens is 439 g/mol. The molecule has 0 unspecified atom stereocenters. The molecule has 0 aliphatic carbocycles. The van der Waals surface area contributed by atoms with Crippen LogP contribution in [0.1, 0.15) is 25.0 Å². The van der Waals surface area contributed by atoms with Crippen molar-refractivity contribution in [3.05, 3.63) is 87.9 Å². The first-order valence-electron chi connectivity index (χ1n) is 10.7. The van der Waals surface area contributed by atoms with E-state index in [2.05, 4.69) is 53.7 Å². The first-order chi connectivity index (χ1) is 15.4. The summed E-state index contributed by atoms with van der Waals surface area (Å²) in [4.78, 5) is 9.47. The minimum absolute atomic E-state index is 0.454. The van der Waals surface area contributed by atoms with Crippen molar-refractivity contribution in [2.24, 2.45) is 16.6 Å². The van der Waals surface area contributed by atoms with Crippen molar-refractivity contribution in [2.75, 3.05) is 6.54 Å². The van der Waals surface area contributed by atoms with Gasteiger partial charge >= 0.3 is 0 Å². The molecule has 1 heterocycles. The van der Waals surface area contributed by atoms with E-state index in [9.17, 15) is 0 Å². The van der Waals surface area contributed by atoms with E-state index in [0.29, 0.717) is 28.3 Å². The van der Waals surface area contributed by atoms with Gasteiger partial charge in [-0.2, -0.15) is 0 Å². The SMILES string of the molecule is CC(C)CN=C(N)c1ccc2c(c1)nc(-c1ccc(Cl)c(Cl)c1)n2CCc1ccccc1. The van der Waals surface area contributed by atoms with Crippen molar-refractivity contribution in [2.45, 2.75) is 26.8 Å². The molecule has 0 spiro atoms. The second-order valence-corrected chi connectivity index (χ2v) is 9.09. The molecule has 32 heavy (non-hydrogen) atoms. The van der Waals surface area contributed by atoms with Gasteiger partial charge in [-0.25, -0.2) is 4.98 Å². The third-order valence-corrected chi connectivity index (χ3v) is 6.05. The summed E-state index contributed by atoms with van der Waals surface area (Å²) in [6.07, 6.45) is 0.889. The van der Waals surface area contributed by atoms with Crippen LogP contribution in [0, 0.1) is 5.92 Å². The van der Waals surface area contributed by atoms with Crippen LogP contribution in [0.3, 0.4) is 0 Å². The molecular formula is C26H26Cl2N4. The summed E-state index contributed by atoms with van der Waals surface area (Å²) in [5.41, 5.74) is 11.2. The number of aromatic nitrogens is 2. The number of amidine groups is 1. The van der Waals surface area contributed by atoms with Gasteiger partial charge in [0.15, 0.2) is 0 Å². The van der Waals surface area contributed by atoms with Crippen LogP contribution < -0.4 is 5.73 Å². The van der Waals surface area contributed by atoms with Gasteiger partial charge in [0, 0.05) is 24.2 Å². The average Bonchev–Trinajstić information content (AvgIpc) is 3.16. The number of aliphatic imine (C=N–C) groups is 1. The quantitative estimate of drug-likeness (QED) is 0.247. The maximum absolute atomic E-state index is 6.31. The van der Waals surface area contributed by atoms with E-state index in [1.165, 1.54) is 5.56 Å². The molecule has 4 aromatic rings. The fourth-order valence-electron chi connectivity index (χ4n) is 3.63. The van der Waals surface area contributed by atoms with E-state index >= 15 is 0 Å². The number of imidazole rings is 1. The Labute approximate surface area is 198 Å². The molecule has 4 rings (SSSR count). The zero-order valence-electron chi connectivity index (χ0n) is 18.2. The summed E-state index contributed by atoms with van der Waals surface area (Å²) in [6, 6.07) is 22.2. The summed E-state index contributed by atoms with van der Waals surface area (Å²) in [7, 11) is 0. The van der Waals surface area contributed by atoms with Crippen molar-refractivity contribution in [3.63, 3.8) is 0 Å². The van der Waals surface area contributed by atoms with Crippen molar-refractivity contribution in [1.82, 2.24) is 9.55 Å². The summed E-state index contributed by atoms with van der Waals surface area (Å²) >= 11 is 12.5. The summed E-state index contributed by atoms with van der Waals surface area (Å²) in [5, 5.41) is 1.04. The topological polar surface area (TPSA) is 56.2 Å². The van der Waals surface area contributed by atoms with Crippen molar-refractivity contribution < 1.29 is 0 Å². The molecule has 0 fully saturated rings. The normalized spacial score (nSPS) is 12.1. The first kappa shape index (κ1) is 22.4. The fourth-order valence-corrected chi connectivity index (χ4v) is 3.93. The highest BCUT2D eigenvalue weighted by molar-refractivity contribution is 6.42. The lowest BCUT2D eigenvalue weighted by Crippen LogP contribution is -2.15. The van der Waals surface area contributed by atoms with Gasteiger partial charge in [0.25, 0.3) is 0 Å². The molecule has 0 aliphatic heterocycles. The van der Waals surface area contributed by atoms with Gasteiger partial charge in [-0.05, 0) is 54.3 Å². The summed E-state index contributed by atoms with van der Waals surface area (Å²) in [6.45, 7) is 5.73. The van der Waals surface area contributed by atoms with Gasteiger partial charge in [0.05, 0.1) is 21.1 Å². The van der Waals surface area contributed by atoms with Crippen LogP contribution in [0.4, 0.5) is 0 Å². The van der Waals surface area contributed by atoms with E-state index in [0.717, 1.165) is 41.0 Å². The van der Waals surface area contributed by atoms with Crippen molar-refractivity contribution in [1.29, 1.82) is 0 Å². The number of benzene rings is 3. The third-order valence-electron chi connectivity index (χ3n) is 5.32. The molecule has 0 bridgehead atoms. The zero-order valence-corrected chi connectivity index (χ0v) is 19.7. The number of nitrogens with zero attached hydrogens (tertiary/aromatic N) is 3. The van der Waals surface area contributed by atoms with E-state index in [1.807, 2.05) is 36.4 Å². The Balaban J connectivity index is 1.78. The Morgan fingerprint density at radius 3 is 2.50 bits per heavy atom. The Hall–Kier alpha value is -2.82. The van der Waals surface area contributed by atoms with E-state index in [4.69, 9.17) is 33.9 Å². The second kappa shape index (κ2) is 9.76. The average molecular weight is 465 g/mol. The van der Waals surface area contributed by atoms with Crippen LogP contribution in [0.5, 0.6) is 0 Å². The van der Waals surface area contributed by atoms with E-state index in [-0.39, 0.29) is 0 Å². The third kappa shape index (κ3) is 4.98. The molecule has 0 saturated heterocycles. The highest BCUT2D eigenvalue weighted by Gasteiger charge is 2.15. The standard InChI is InChI=1S/C26H26Cl2N4/c1-17(2)16-30-25(29)19-9-11-24-23(15-19)31-26(20-8-10-21(27)22(28)14-20)32(24)13-12-18-6-4-3-5-7-18/h3-11,14-15,17H,12-13,16H2,1-2H3,(H2,29,30). The molecule has 0 radical (unpaired) electrons. The Morgan fingerprint density at radius 2 is 1.78 bits per heavy atom. The molecule has 0 saturated carbocycles. The lowest BCUT2D eigenvalue weighted by Gasteiger charge is -2.11. The van der Waals surface area contributed by atoms with Crippen LogP contribution in [-0.4, -0.2) is 21.9 Å². The number of aryl methyl sites for hydroxylation is 2. The zero-order chi connectivity index (χ0) is 22.7. The molecule has 164 valence electrons. The highest BCUT2D eigenvalue weighted by Crippen LogP contribution is 2.31. The van der Waals surface area contributed by atoms with Crippen molar-refractivity contribution >= 4 is 40.1 Å². The lowest BCUT2D eigenvalue weighted by molar-refractivity contribution is 0.665. The number of hydrogen-bond donors (Lipinski definition) is 1. The predicted octanol–water partition coefficient (Wildman–Crippen LogP) is 6.61. The smallest absolute Gasteiger partial charge is 0.141 e. The minimum Gasteiger partial charge on any atom is -0.384 e. The van der Waals surface area contributed by atoms with Crippen LogP contribution in [0.2, 0.25) is 10.0 Å². The fraction of sp³-hybridized carbons (Fsp3) is 0.231. The number of nitrogens with two attached hydrogens (primary N) is 1. The molecule has 1 aromatic heterocycles. The van der Waals surface area contributed by atoms with Crippen molar-refractivity contribution in [3.8, 4) is 11.4 Å². The largest absolute Gasteiger partial charge is 0.384 e. The molecule has 0 aliphatic rings. The van der Waals surface area contributed by atoms with Gasteiger partial charge in [0.1, 0.15) is 11.7 Å². The van der Waals surface area contributed by atoms with Crippen LogP contribution in [0.25, 0.3) is 22.4 Å². The Bertz CT molecular complexity index is 1260. The Morgan fingerprint density at radius 1 is 1.00 bits per heavy atom. The number of fused-ring (bicyclic) bond motifs is 1. The molecule has 6 heteroatoms. The summed E-state index contributed by atoms with van der Waals surface area (Å²) in [5.74, 6) is 1.84. The number of rotatable bonds is 7. The molecule has 0 amide bonds. The monoisotopic (exact) mass is 464 g/mol. The number of halogens is 2. The summed E-state index contributed by atoms with van der Waals surface area (Å²) < 4.78 is 2.23. The lowest BCUT2D eigenvalue weighted by atomic mass is 10.1.